The topological polar surface area (TPSA) is 53.1 Å². The Balaban J connectivity index is 1.39. The molecule has 0 atom stereocenters. The van der Waals surface area contributed by atoms with Crippen LogP contribution < -0.4 is 15.5 Å². The van der Waals surface area contributed by atoms with Crippen molar-refractivity contribution in [3.05, 3.63) is 47.1 Å². The van der Waals surface area contributed by atoms with Gasteiger partial charge in [-0.05, 0) is 62.4 Å². The molecule has 6 heteroatoms. The van der Waals surface area contributed by atoms with Crippen LogP contribution in [0.25, 0.3) is 0 Å². The lowest BCUT2D eigenvalue weighted by atomic mass is 9.91. The van der Waals surface area contributed by atoms with Crippen LogP contribution in [-0.2, 0) is 6.42 Å². The minimum atomic E-state index is 0.457. The molecule has 0 amide bonds. The van der Waals surface area contributed by atoms with Crippen LogP contribution in [0.1, 0.15) is 31.2 Å². The monoisotopic (exact) mass is 373 g/mol. The van der Waals surface area contributed by atoms with Crippen molar-refractivity contribution in [2.45, 2.75) is 44.2 Å². The van der Waals surface area contributed by atoms with E-state index in [1.165, 1.54) is 18.4 Å². The molecular formula is C20H28ClN5. The van der Waals surface area contributed by atoms with Crippen LogP contribution in [0.15, 0.2) is 36.5 Å². The zero-order valence-corrected chi connectivity index (χ0v) is 16.3. The number of anilines is 2. The molecule has 1 fully saturated rings. The number of benzene rings is 1. The van der Waals surface area contributed by atoms with Crippen molar-refractivity contribution < 1.29 is 0 Å². The normalized spacial score (nSPS) is 20.0. The van der Waals surface area contributed by atoms with Crippen molar-refractivity contribution in [1.29, 1.82) is 0 Å². The fourth-order valence-electron chi connectivity index (χ4n) is 3.41. The molecule has 140 valence electrons. The standard InChI is InChI=1S/C20H28ClN5/c1-26(2)19-11-13-23-20(25-19)24-18-8-6-17(7-9-18)22-12-10-15-4-3-5-16(21)14-15/h3-5,11,13-14,17-18,22H,6-10,12H2,1-2H3,(H,23,24,25). The second kappa shape index (κ2) is 9.19. The van der Waals surface area contributed by atoms with Gasteiger partial charge in [0.15, 0.2) is 0 Å². The fourth-order valence-corrected chi connectivity index (χ4v) is 3.62. The first-order valence-corrected chi connectivity index (χ1v) is 9.72. The molecule has 0 radical (unpaired) electrons. The van der Waals surface area contributed by atoms with E-state index in [-0.39, 0.29) is 0 Å². The molecule has 0 aliphatic heterocycles. The lowest BCUT2D eigenvalue weighted by Crippen LogP contribution is -2.38. The predicted octanol–water partition coefficient (Wildman–Crippen LogP) is 3.75. The molecule has 5 nitrogen and oxygen atoms in total. The molecule has 2 aromatic rings. The molecule has 1 saturated carbocycles. The van der Waals surface area contributed by atoms with Crippen molar-refractivity contribution in [2.24, 2.45) is 0 Å². The van der Waals surface area contributed by atoms with Crippen molar-refractivity contribution in [2.75, 3.05) is 30.9 Å². The Bertz CT molecular complexity index is 698. The summed E-state index contributed by atoms with van der Waals surface area (Å²) < 4.78 is 0. The Morgan fingerprint density at radius 2 is 1.88 bits per heavy atom. The molecule has 1 aliphatic rings. The molecule has 1 heterocycles. The molecule has 0 spiro atoms. The van der Waals surface area contributed by atoms with Gasteiger partial charge in [-0.15, -0.1) is 0 Å². The van der Waals surface area contributed by atoms with Gasteiger partial charge in [-0.3, -0.25) is 0 Å². The lowest BCUT2D eigenvalue weighted by Gasteiger charge is -2.30. The molecule has 1 aromatic heterocycles. The van der Waals surface area contributed by atoms with Crippen molar-refractivity contribution in [1.82, 2.24) is 15.3 Å². The minimum absolute atomic E-state index is 0.457. The summed E-state index contributed by atoms with van der Waals surface area (Å²) in [6.45, 7) is 0.997. The van der Waals surface area contributed by atoms with Crippen LogP contribution in [0, 0.1) is 0 Å². The van der Waals surface area contributed by atoms with Crippen molar-refractivity contribution in [3.8, 4) is 0 Å². The average Bonchev–Trinajstić information content (AvgIpc) is 2.63. The van der Waals surface area contributed by atoms with E-state index in [1.807, 2.05) is 49.5 Å². The molecule has 0 bridgehead atoms. The molecule has 2 N–H and O–H groups in total. The first-order chi connectivity index (χ1) is 12.6. The van der Waals surface area contributed by atoms with Gasteiger partial charge < -0.3 is 15.5 Å². The van der Waals surface area contributed by atoms with E-state index >= 15 is 0 Å². The number of hydrogen-bond acceptors (Lipinski definition) is 5. The summed E-state index contributed by atoms with van der Waals surface area (Å²) in [5, 5.41) is 8.00. The highest BCUT2D eigenvalue weighted by molar-refractivity contribution is 6.30. The second-order valence-corrected chi connectivity index (χ2v) is 7.60. The van der Waals surface area contributed by atoms with E-state index in [0.29, 0.717) is 12.1 Å². The van der Waals surface area contributed by atoms with Crippen LogP contribution in [0.2, 0.25) is 5.02 Å². The highest BCUT2D eigenvalue weighted by Gasteiger charge is 2.21. The van der Waals surface area contributed by atoms with Gasteiger partial charge >= 0.3 is 0 Å². The largest absolute Gasteiger partial charge is 0.363 e. The summed E-state index contributed by atoms with van der Waals surface area (Å²) in [4.78, 5) is 10.9. The van der Waals surface area contributed by atoms with Gasteiger partial charge in [-0.2, -0.15) is 4.98 Å². The lowest BCUT2D eigenvalue weighted by molar-refractivity contribution is 0.355. The van der Waals surface area contributed by atoms with Gasteiger partial charge in [-0.25, -0.2) is 4.98 Å². The van der Waals surface area contributed by atoms with E-state index < -0.39 is 0 Å². The van der Waals surface area contributed by atoms with E-state index in [2.05, 4.69) is 26.7 Å². The quantitative estimate of drug-likeness (QED) is 0.774. The van der Waals surface area contributed by atoms with Crippen LogP contribution in [0.3, 0.4) is 0 Å². The summed E-state index contributed by atoms with van der Waals surface area (Å²) >= 11 is 6.04. The Morgan fingerprint density at radius 1 is 1.12 bits per heavy atom. The first-order valence-electron chi connectivity index (χ1n) is 9.35. The Kier molecular flexibility index (Phi) is 6.69. The average molecular weight is 374 g/mol. The van der Waals surface area contributed by atoms with Gasteiger partial charge in [0, 0.05) is 37.4 Å². The number of aromatic nitrogens is 2. The third-order valence-electron chi connectivity index (χ3n) is 4.90. The van der Waals surface area contributed by atoms with Crippen LogP contribution in [-0.4, -0.2) is 42.7 Å². The van der Waals surface area contributed by atoms with Crippen molar-refractivity contribution in [3.63, 3.8) is 0 Å². The molecule has 3 rings (SSSR count). The number of rotatable bonds is 7. The SMILES string of the molecule is CN(C)c1ccnc(NC2CCC(NCCc3cccc(Cl)c3)CC2)n1. The van der Waals surface area contributed by atoms with Crippen LogP contribution in [0.4, 0.5) is 11.8 Å². The Labute approximate surface area is 161 Å². The zero-order chi connectivity index (χ0) is 18.4. The van der Waals surface area contributed by atoms with Crippen LogP contribution >= 0.6 is 11.6 Å². The van der Waals surface area contributed by atoms with Crippen molar-refractivity contribution >= 4 is 23.4 Å². The fraction of sp³-hybridized carbons (Fsp3) is 0.500. The van der Waals surface area contributed by atoms with Gasteiger partial charge in [0.1, 0.15) is 5.82 Å². The van der Waals surface area contributed by atoms with E-state index in [0.717, 1.165) is 42.6 Å². The maximum atomic E-state index is 6.04. The summed E-state index contributed by atoms with van der Waals surface area (Å²) in [6, 6.07) is 11.1. The van der Waals surface area contributed by atoms with E-state index in [1.54, 1.807) is 0 Å². The zero-order valence-electron chi connectivity index (χ0n) is 15.6. The highest BCUT2D eigenvalue weighted by Crippen LogP contribution is 2.22. The summed E-state index contributed by atoms with van der Waals surface area (Å²) in [5.74, 6) is 1.66. The molecule has 26 heavy (non-hydrogen) atoms. The molecular weight excluding hydrogens is 346 g/mol. The first kappa shape index (κ1) is 18.9. The smallest absolute Gasteiger partial charge is 0.224 e. The van der Waals surface area contributed by atoms with Gasteiger partial charge in [0.05, 0.1) is 0 Å². The van der Waals surface area contributed by atoms with Crippen LogP contribution in [0.5, 0.6) is 0 Å². The Hall–Kier alpha value is -1.85. The molecule has 0 unspecified atom stereocenters. The molecule has 1 aliphatic carbocycles. The summed E-state index contributed by atoms with van der Waals surface area (Å²) in [5.41, 5.74) is 1.29. The van der Waals surface area contributed by atoms with Gasteiger partial charge in [-0.1, -0.05) is 23.7 Å². The van der Waals surface area contributed by atoms with Gasteiger partial charge in [0.25, 0.3) is 0 Å². The number of nitrogens with zero attached hydrogens (tertiary/aromatic N) is 3. The number of halogens is 1. The third-order valence-corrected chi connectivity index (χ3v) is 5.13. The molecule has 1 aromatic carbocycles. The minimum Gasteiger partial charge on any atom is -0.363 e. The number of nitrogens with one attached hydrogen (secondary N) is 2. The highest BCUT2D eigenvalue weighted by atomic mass is 35.5. The predicted molar refractivity (Wildman–Crippen MR) is 109 cm³/mol. The summed E-state index contributed by atoms with van der Waals surface area (Å²) in [7, 11) is 3.98. The number of hydrogen-bond donors (Lipinski definition) is 2. The maximum absolute atomic E-state index is 6.04. The maximum Gasteiger partial charge on any atom is 0.224 e. The van der Waals surface area contributed by atoms with E-state index in [4.69, 9.17) is 11.6 Å². The molecule has 0 saturated heterocycles. The van der Waals surface area contributed by atoms with Gasteiger partial charge in [0.2, 0.25) is 5.95 Å². The summed E-state index contributed by atoms with van der Waals surface area (Å²) in [6.07, 6.45) is 7.48. The second-order valence-electron chi connectivity index (χ2n) is 7.16. The Morgan fingerprint density at radius 3 is 2.62 bits per heavy atom. The van der Waals surface area contributed by atoms with E-state index in [9.17, 15) is 0 Å². The third kappa shape index (κ3) is 5.58.